The Morgan fingerprint density at radius 2 is 1.79 bits per heavy atom. The Morgan fingerprint density at radius 1 is 1.10 bits per heavy atom. The highest BCUT2D eigenvalue weighted by atomic mass is 16.5. The summed E-state index contributed by atoms with van der Waals surface area (Å²) in [4.78, 5) is 26.5. The number of benzene rings is 2. The second-order valence-corrected chi connectivity index (χ2v) is 7.08. The Kier molecular flexibility index (Phi) is 5.03. The van der Waals surface area contributed by atoms with Crippen molar-refractivity contribution in [3.63, 3.8) is 0 Å². The molecule has 7 nitrogen and oxygen atoms in total. The molecule has 1 atom stereocenters. The number of hydrogen-bond donors (Lipinski definition) is 1. The number of para-hydroxylation sites is 1. The van der Waals surface area contributed by atoms with Gasteiger partial charge in [-0.05, 0) is 49.4 Å². The molecule has 1 saturated heterocycles. The fourth-order valence-corrected chi connectivity index (χ4v) is 3.30. The van der Waals surface area contributed by atoms with E-state index in [0.717, 1.165) is 17.1 Å². The van der Waals surface area contributed by atoms with Gasteiger partial charge in [-0.3, -0.25) is 14.3 Å². The van der Waals surface area contributed by atoms with Crippen LogP contribution in [-0.2, 0) is 11.8 Å². The number of ether oxygens (including phenoxy) is 1. The fraction of sp³-hybridized carbons (Fsp3) is 0.227. The van der Waals surface area contributed by atoms with Gasteiger partial charge in [-0.1, -0.05) is 18.2 Å². The molecule has 0 bridgehead atoms. The van der Waals surface area contributed by atoms with Crippen LogP contribution in [0.15, 0.2) is 60.7 Å². The monoisotopic (exact) mass is 390 g/mol. The molecule has 1 N–H and O–H groups in total. The fourth-order valence-electron chi connectivity index (χ4n) is 3.30. The van der Waals surface area contributed by atoms with Crippen molar-refractivity contribution in [1.29, 1.82) is 0 Å². The highest BCUT2D eigenvalue weighted by Crippen LogP contribution is 2.27. The summed E-state index contributed by atoms with van der Waals surface area (Å²) in [6, 6.07) is 18.4. The lowest BCUT2D eigenvalue weighted by Crippen LogP contribution is -2.37. The number of nitrogens with zero attached hydrogens (tertiary/aromatic N) is 3. The molecule has 1 unspecified atom stereocenters. The topological polar surface area (TPSA) is 76.5 Å². The first-order valence-electron chi connectivity index (χ1n) is 9.44. The van der Waals surface area contributed by atoms with E-state index in [1.807, 2.05) is 61.5 Å². The lowest BCUT2D eigenvalue weighted by molar-refractivity contribution is -0.117. The van der Waals surface area contributed by atoms with Gasteiger partial charge in [0.25, 0.3) is 5.91 Å². The van der Waals surface area contributed by atoms with E-state index < -0.39 is 0 Å². The van der Waals surface area contributed by atoms with Crippen molar-refractivity contribution in [3.05, 3.63) is 72.1 Å². The Bertz CT molecular complexity index is 1010. The van der Waals surface area contributed by atoms with Crippen LogP contribution < -0.4 is 15.0 Å². The maximum absolute atomic E-state index is 12.5. The smallest absolute Gasteiger partial charge is 0.272 e. The molecule has 1 aromatic heterocycles. The Balaban J connectivity index is 1.39. The number of aryl methyl sites for hydroxylation is 2. The molecule has 7 heteroatoms. The second-order valence-electron chi connectivity index (χ2n) is 7.08. The van der Waals surface area contributed by atoms with Crippen LogP contribution in [0, 0.1) is 6.92 Å². The normalized spacial score (nSPS) is 16.1. The minimum absolute atomic E-state index is 0.0239. The van der Waals surface area contributed by atoms with E-state index in [1.54, 1.807) is 22.7 Å². The van der Waals surface area contributed by atoms with Crippen LogP contribution in [0.3, 0.4) is 0 Å². The Morgan fingerprint density at radius 3 is 2.45 bits per heavy atom. The molecule has 3 aromatic rings. The van der Waals surface area contributed by atoms with E-state index >= 15 is 0 Å². The Hall–Kier alpha value is -3.61. The van der Waals surface area contributed by atoms with Gasteiger partial charge in [0.2, 0.25) is 5.91 Å². The van der Waals surface area contributed by atoms with Gasteiger partial charge < -0.3 is 15.0 Å². The van der Waals surface area contributed by atoms with E-state index in [4.69, 9.17) is 4.74 Å². The van der Waals surface area contributed by atoms with Gasteiger partial charge >= 0.3 is 0 Å². The molecule has 1 fully saturated rings. The summed E-state index contributed by atoms with van der Waals surface area (Å²) in [5.74, 6) is 1.16. The number of hydrogen-bond acceptors (Lipinski definition) is 4. The molecule has 2 amide bonds. The Labute approximate surface area is 168 Å². The second kappa shape index (κ2) is 7.79. The lowest BCUT2D eigenvalue weighted by atomic mass is 10.2. The number of aromatic nitrogens is 2. The summed E-state index contributed by atoms with van der Waals surface area (Å²) in [5, 5.41) is 7.09. The van der Waals surface area contributed by atoms with E-state index in [2.05, 4.69) is 10.4 Å². The quantitative estimate of drug-likeness (QED) is 0.726. The summed E-state index contributed by atoms with van der Waals surface area (Å²) in [6.45, 7) is 2.31. The zero-order valence-corrected chi connectivity index (χ0v) is 16.3. The van der Waals surface area contributed by atoms with Crippen molar-refractivity contribution < 1.29 is 14.3 Å². The van der Waals surface area contributed by atoms with Crippen molar-refractivity contribution >= 4 is 17.5 Å². The molecule has 0 spiro atoms. The van der Waals surface area contributed by atoms with Gasteiger partial charge in [0.1, 0.15) is 17.2 Å². The minimum atomic E-state index is -0.264. The predicted molar refractivity (Wildman–Crippen MR) is 109 cm³/mol. The van der Waals surface area contributed by atoms with E-state index in [9.17, 15) is 9.59 Å². The van der Waals surface area contributed by atoms with Gasteiger partial charge in [-0.25, -0.2) is 0 Å². The number of anilines is 1. The van der Waals surface area contributed by atoms with Crippen molar-refractivity contribution in [2.75, 3.05) is 11.4 Å². The highest BCUT2D eigenvalue weighted by molar-refractivity contribution is 5.98. The molecule has 1 aliphatic heterocycles. The molecule has 2 aromatic carbocycles. The first kappa shape index (κ1) is 18.7. The first-order chi connectivity index (χ1) is 14.0. The molecule has 1 aliphatic rings. The molecule has 29 heavy (non-hydrogen) atoms. The van der Waals surface area contributed by atoms with Crippen LogP contribution in [0.5, 0.6) is 11.5 Å². The SMILES string of the molecule is Cc1cc(C(=O)NC2CC(=O)N(c3ccc(Oc4ccccc4)cc3)C2)nn1C. The summed E-state index contributed by atoms with van der Waals surface area (Å²) in [6.07, 6.45) is 0.264. The number of rotatable bonds is 5. The number of amides is 2. The van der Waals surface area contributed by atoms with Gasteiger partial charge in [0, 0.05) is 31.4 Å². The van der Waals surface area contributed by atoms with E-state index in [1.165, 1.54) is 0 Å². The average molecular weight is 390 g/mol. The van der Waals surface area contributed by atoms with Crippen LogP contribution in [0.1, 0.15) is 22.6 Å². The first-order valence-corrected chi connectivity index (χ1v) is 9.44. The summed E-state index contributed by atoms with van der Waals surface area (Å²) < 4.78 is 7.44. The van der Waals surface area contributed by atoms with Crippen molar-refractivity contribution in [3.8, 4) is 11.5 Å². The average Bonchev–Trinajstić information content (AvgIpc) is 3.25. The standard InChI is InChI=1S/C22H22N4O3/c1-15-12-20(24-25(15)2)22(28)23-16-13-21(27)26(14-16)17-8-10-19(11-9-17)29-18-6-4-3-5-7-18/h3-12,16H,13-14H2,1-2H3,(H,23,28). The lowest BCUT2D eigenvalue weighted by Gasteiger charge is -2.17. The van der Waals surface area contributed by atoms with E-state index in [-0.39, 0.29) is 24.3 Å². The van der Waals surface area contributed by atoms with Crippen molar-refractivity contribution in [2.45, 2.75) is 19.4 Å². The van der Waals surface area contributed by atoms with Crippen molar-refractivity contribution in [1.82, 2.24) is 15.1 Å². The third-order valence-electron chi connectivity index (χ3n) is 4.93. The van der Waals surface area contributed by atoms with Gasteiger partial charge in [0.15, 0.2) is 0 Å². The minimum Gasteiger partial charge on any atom is -0.457 e. The molecular formula is C22H22N4O3. The molecule has 0 radical (unpaired) electrons. The molecule has 2 heterocycles. The number of carbonyl (C=O) groups excluding carboxylic acids is 2. The number of nitrogens with one attached hydrogen (secondary N) is 1. The third-order valence-corrected chi connectivity index (χ3v) is 4.93. The van der Waals surface area contributed by atoms with Gasteiger partial charge in [-0.2, -0.15) is 5.10 Å². The molecular weight excluding hydrogens is 368 g/mol. The highest BCUT2D eigenvalue weighted by Gasteiger charge is 2.32. The van der Waals surface area contributed by atoms with Crippen LogP contribution >= 0.6 is 0 Å². The van der Waals surface area contributed by atoms with Crippen molar-refractivity contribution in [2.24, 2.45) is 7.05 Å². The zero-order chi connectivity index (χ0) is 20.4. The summed E-state index contributed by atoms with van der Waals surface area (Å²) >= 11 is 0. The molecule has 148 valence electrons. The molecule has 0 saturated carbocycles. The largest absolute Gasteiger partial charge is 0.457 e. The van der Waals surface area contributed by atoms with Gasteiger partial charge in [0.05, 0.1) is 6.04 Å². The van der Waals surface area contributed by atoms with Crippen LogP contribution in [0.4, 0.5) is 5.69 Å². The summed E-state index contributed by atoms with van der Waals surface area (Å²) in [5.41, 5.74) is 2.04. The molecule has 4 rings (SSSR count). The molecule has 0 aliphatic carbocycles. The third kappa shape index (κ3) is 4.13. The van der Waals surface area contributed by atoms with Crippen LogP contribution in [0.2, 0.25) is 0 Å². The van der Waals surface area contributed by atoms with E-state index in [0.29, 0.717) is 18.0 Å². The zero-order valence-electron chi connectivity index (χ0n) is 16.3. The van der Waals surface area contributed by atoms with Crippen LogP contribution in [-0.4, -0.2) is 34.2 Å². The number of carbonyl (C=O) groups is 2. The summed E-state index contributed by atoms with van der Waals surface area (Å²) in [7, 11) is 1.79. The maximum Gasteiger partial charge on any atom is 0.272 e. The van der Waals surface area contributed by atoms with Crippen LogP contribution in [0.25, 0.3) is 0 Å². The van der Waals surface area contributed by atoms with Gasteiger partial charge in [-0.15, -0.1) is 0 Å². The maximum atomic E-state index is 12.5. The predicted octanol–water partition coefficient (Wildman–Crippen LogP) is 3.06.